The minimum Gasteiger partial charge on any atom is -0.370 e. The fraction of sp³-hybridized carbons (Fsp3) is 0.250. The van der Waals surface area contributed by atoms with Crippen LogP contribution in [0.25, 0.3) is 5.82 Å². The molecule has 1 saturated heterocycles. The maximum Gasteiger partial charge on any atom is 0.270 e. The second-order valence-electron chi connectivity index (χ2n) is 5.50. The summed E-state index contributed by atoms with van der Waals surface area (Å²) in [7, 11) is 0. The standard InChI is InChI=1S/C16H16N6O2/c23-16(13-3-1-4-14(19-13)22-9-2-7-18-22)20-11-6-10-24-15(11)12-5-8-17-21-12/h1-5,7-9,11,15H,6,10H2,(H,17,21)(H,20,23)/t11-,15-/m1/s1. The van der Waals surface area contributed by atoms with Crippen molar-refractivity contribution < 1.29 is 9.53 Å². The average Bonchev–Trinajstić information content (AvgIpc) is 3.36. The van der Waals surface area contributed by atoms with Gasteiger partial charge in [0.1, 0.15) is 11.8 Å². The number of nitrogens with zero attached hydrogens (tertiary/aromatic N) is 4. The Morgan fingerprint density at radius 3 is 3.04 bits per heavy atom. The van der Waals surface area contributed by atoms with E-state index in [1.54, 1.807) is 47.5 Å². The van der Waals surface area contributed by atoms with Crippen molar-refractivity contribution in [3.8, 4) is 5.82 Å². The van der Waals surface area contributed by atoms with Crippen LogP contribution in [0, 0.1) is 0 Å². The molecular formula is C16H16N6O2. The first kappa shape index (κ1) is 14.6. The Bertz CT molecular complexity index is 815. The van der Waals surface area contributed by atoms with E-state index in [1.165, 1.54) is 0 Å². The lowest BCUT2D eigenvalue weighted by Crippen LogP contribution is -2.37. The zero-order valence-corrected chi connectivity index (χ0v) is 12.8. The van der Waals surface area contributed by atoms with E-state index in [2.05, 4.69) is 25.6 Å². The first-order valence-corrected chi connectivity index (χ1v) is 7.70. The van der Waals surface area contributed by atoms with Crippen LogP contribution in [-0.2, 0) is 4.74 Å². The number of rotatable bonds is 4. The van der Waals surface area contributed by atoms with E-state index in [0.29, 0.717) is 18.1 Å². The van der Waals surface area contributed by atoms with E-state index in [9.17, 15) is 4.79 Å². The summed E-state index contributed by atoms with van der Waals surface area (Å²) in [4.78, 5) is 16.9. The Balaban J connectivity index is 1.51. The van der Waals surface area contributed by atoms with Gasteiger partial charge in [0.2, 0.25) is 0 Å². The predicted molar refractivity (Wildman–Crippen MR) is 84.5 cm³/mol. The SMILES string of the molecule is O=C(N[C@@H]1CCO[C@H]1c1ccn[nH]1)c1cccc(-n2cccn2)n1. The van der Waals surface area contributed by atoms with Gasteiger partial charge in [-0.1, -0.05) is 6.07 Å². The van der Waals surface area contributed by atoms with Gasteiger partial charge in [-0.2, -0.15) is 10.2 Å². The van der Waals surface area contributed by atoms with E-state index in [4.69, 9.17) is 4.74 Å². The summed E-state index contributed by atoms with van der Waals surface area (Å²) >= 11 is 0. The molecule has 4 rings (SSSR count). The third-order valence-electron chi connectivity index (χ3n) is 3.94. The van der Waals surface area contributed by atoms with Gasteiger partial charge in [0, 0.05) is 25.2 Å². The maximum atomic E-state index is 12.6. The number of H-pyrrole nitrogens is 1. The van der Waals surface area contributed by atoms with Crippen molar-refractivity contribution in [3.05, 3.63) is 60.3 Å². The topological polar surface area (TPSA) is 97.7 Å². The Kier molecular flexibility index (Phi) is 3.80. The largest absolute Gasteiger partial charge is 0.370 e. The summed E-state index contributed by atoms with van der Waals surface area (Å²) in [5.41, 5.74) is 1.20. The number of carbonyl (C=O) groups is 1. The highest BCUT2D eigenvalue weighted by Crippen LogP contribution is 2.27. The van der Waals surface area contributed by atoms with Crippen molar-refractivity contribution >= 4 is 5.91 Å². The van der Waals surface area contributed by atoms with Crippen molar-refractivity contribution in [1.29, 1.82) is 0 Å². The van der Waals surface area contributed by atoms with Gasteiger partial charge in [-0.05, 0) is 30.7 Å². The lowest BCUT2D eigenvalue weighted by atomic mass is 10.1. The Morgan fingerprint density at radius 2 is 2.25 bits per heavy atom. The highest BCUT2D eigenvalue weighted by atomic mass is 16.5. The zero-order valence-electron chi connectivity index (χ0n) is 12.8. The molecule has 8 nitrogen and oxygen atoms in total. The number of pyridine rings is 1. The zero-order chi connectivity index (χ0) is 16.4. The van der Waals surface area contributed by atoms with Crippen molar-refractivity contribution in [2.45, 2.75) is 18.6 Å². The molecule has 0 saturated carbocycles. The van der Waals surface area contributed by atoms with Crippen LogP contribution in [-0.4, -0.2) is 43.5 Å². The molecule has 0 unspecified atom stereocenters. The molecule has 2 atom stereocenters. The van der Waals surface area contributed by atoms with E-state index in [-0.39, 0.29) is 18.1 Å². The summed E-state index contributed by atoms with van der Waals surface area (Å²) in [6.07, 6.45) is 5.65. The molecule has 0 radical (unpaired) electrons. The third kappa shape index (κ3) is 2.79. The van der Waals surface area contributed by atoms with Gasteiger partial charge in [-0.15, -0.1) is 0 Å². The van der Waals surface area contributed by atoms with E-state index >= 15 is 0 Å². The molecule has 0 aromatic carbocycles. The fourth-order valence-corrected chi connectivity index (χ4v) is 2.79. The van der Waals surface area contributed by atoms with Gasteiger partial charge in [0.25, 0.3) is 5.91 Å². The second-order valence-corrected chi connectivity index (χ2v) is 5.50. The van der Waals surface area contributed by atoms with Gasteiger partial charge in [-0.3, -0.25) is 9.89 Å². The molecule has 1 amide bonds. The van der Waals surface area contributed by atoms with Crippen LogP contribution in [0.2, 0.25) is 0 Å². The van der Waals surface area contributed by atoms with Crippen molar-refractivity contribution in [3.63, 3.8) is 0 Å². The molecule has 4 heterocycles. The van der Waals surface area contributed by atoms with Gasteiger partial charge >= 0.3 is 0 Å². The van der Waals surface area contributed by atoms with E-state index in [1.807, 2.05) is 6.07 Å². The normalized spacial score (nSPS) is 20.2. The number of hydrogen-bond acceptors (Lipinski definition) is 5. The molecule has 3 aromatic heterocycles. The molecule has 3 aromatic rings. The molecule has 1 fully saturated rings. The summed E-state index contributed by atoms with van der Waals surface area (Å²) in [5.74, 6) is 0.365. The molecule has 2 N–H and O–H groups in total. The Labute approximate surface area is 137 Å². The molecule has 24 heavy (non-hydrogen) atoms. The van der Waals surface area contributed by atoms with E-state index in [0.717, 1.165) is 12.1 Å². The third-order valence-corrected chi connectivity index (χ3v) is 3.94. The Morgan fingerprint density at radius 1 is 1.29 bits per heavy atom. The molecule has 1 aliphatic rings. The minimum absolute atomic E-state index is 0.117. The van der Waals surface area contributed by atoms with Crippen LogP contribution < -0.4 is 5.32 Å². The quantitative estimate of drug-likeness (QED) is 0.753. The molecule has 0 spiro atoms. The average molecular weight is 324 g/mol. The number of aromatic amines is 1. The number of carbonyl (C=O) groups excluding carboxylic acids is 1. The highest BCUT2D eigenvalue weighted by molar-refractivity contribution is 5.92. The molecule has 0 aliphatic carbocycles. The number of hydrogen-bond donors (Lipinski definition) is 2. The van der Waals surface area contributed by atoms with Crippen LogP contribution in [0.5, 0.6) is 0 Å². The van der Waals surface area contributed by atoms with Gasteiger partial charge in [0.05, 0.1) is 11.7 Å². The van der Waals surface area contributed by atoms with Crippen LogP contribution in [0.1, 0.15) is 28.7 Å². The minimum atomic E-state index is -0.232. The summed E-state index contributed by atoms with van der Waals surface area (Å²) in [6.45, 7) is 0.593. The number of aromatic nitrogens is 5. The summed E-state index contributed by atoms with van der Waals surface area (Å²) < 4.78 is 7.32. The Hall–Kier alpha value is -3.00. The molecule has 1 aliphatic heterocycles. The number of nitrogens with one attached hydrogen (secondary N) is 2. The first-order chi connectivity index (χ1) is 11.8. The molecule has 8 heteroatoms. The second kappa shape index (κ2) is 6.25. The summed E-state index contributed by atoms with van der Waals surface area (Å²) in [6, 6.07) is 8.81. The summed E-state index contributed by atoms with van der Waals surface area (Å²) in [5, 5.41) is 14.0. The number of ether oxygens (including phenoxy) is 1. The van der Waals surface area contributed by atoms with E-state index < -0.39 is 0 Å². The van der Waals surface area contributed by atoms with Crippen molar-refractivity contribution in [2.24, 2.45) is 0 Å². The van der Waals surface area contributed by atoms with Gasteiger partial charge in [0.15, 0.2) is 5.82 Å². The highest BCUT2D eigenvalue weighted by Gasteiger charge is 2.32. The van der Waals surface area contributed by atoms with Crippen LogP contribution in [0.15, 0.2) is 48.9 Å². The van der Waals surface area contributed by atoms with Gasteiger partial charge in [-0.25, -0.2) is 9.67 Å². The molecule has 122 valence electrons. The van der Waals surface area contributed by atoms with Crippen molar-refractivity contribution in [1.82, 2.24) is 30.3 Å². The lowest BCUT2D eigenvalue weighted by molar-refractivity contribution is 0.0804. The first-order valence-electron chi connectivity index (χ1n) is 7.70. The van der Waals surface area contributed by atoms with Crippen molar-refractivity contribution in [2.75, 3.05) is 6.61 Å². The smallest absolute Gasteiger partial charge is 0.270 e. The fourth-order valence-electron chi connectivity index (χ4n) is 2.79. The lowest BCUT2D eigenvalue weighted by Gasteiger charge is -2.18. The van der Waals surface area contributed by atoms with Gasteiger partial charge < -0.3 is 10.1 Å². The maximum absolute atomic E-state index is 12.6. The molecule has 0 bridgehead atoms. The van der Waals surface area contributed by atoms with Crippen LogP contribution in [0.4, 0.5) is 0 Å². The van der Waals surface area contributed by atoms with Crippen LogP contribution >= 0.6 is 0 Å². The number of amides is 1. The monoisotopic (exact) mass is 324 g/mol. The predicted octanol–water partition coefficient (Wildman–Crippen LogP) is 1.25. The molecular weight excluding hydrogens is 308 g/mol. The van der Waals surface area contributed by atoms with Crippen LogP contribution in [0.3, 0.4) is 0 Å².